The molecule has 0 bridgehead atoms. The molecule has 0 saturated heterocycles. The Kier molecular flexibility index (Phi) is 4.63. The van der Waals surface area contributed by atoms with Gasteiger partial charge in [0.2, 0.25) is 11.8 Å². The lowest BCUT2D eigenvalue weighted by Gasteiger charge is -2.07. The SMILES string of the molecule is CS[C@@H](C)C(=O)NCc1ncc(-c2ccccc2)o1. The summed E-state index contributed by atoms with van der Waals surface area (Å²) in [6.07, 6.45) is 3.58. The maximum atomic E-state index is 11.6. The Hall–Kier alpha value is -1.75. The number of aromatic nitrogens is 1. The van der Waals surface area contributed by atoms with Crippen LogP contribution in [0.15, 0.2) is 40.9 Å². The first-order chi connectivity index (χ1) is 9.20. The molecule has 0 saturated carbocycles. The molecule has 19 heavy (non-hydrogen) atoms. The number of nitrogens with one attached hydrogen (secondary N) is 1. The number of benzene rings is 1. The molecular weight excluding hydrogens is 260 g/mol. The van der Waals surface area contributed by atoms with Crippen LogP contribution < -0.4 is 5.32 Å². The highest BCUT2D eigenvalue weighted by Crippen LogP contribution is 2.19. The summed E-state index contributed by atoms with van der Waals surface area (Å²) in [6.45, 7) is 2.18. The molecule has 0 aliphatic carbocycles. The van der Waals surface area contributed by atoms with Crippen molar-refractivity contribution in [1.82, 2.24) is 10.3 Å². The quantitative estimate of drug-likeness (QED) is 0.912. The smallest absolute Gasteiger partial charge is 0.233 e. The van der Waals surface area contributed by atoms with Gasteiger partial charge in [-0.25, -0.2) is 4.98 Å². The van der Waals surface area contributed by atoms with Gasteiger partial charge in [0.25, 0.3) is 0 Å². The van der Waals surface area contributed by atoms with E-state index in [4.69, 9.17) is 4.42 Å². The molecule has 2 aromatic rings. The molecule has 1 heterocycles. The van der Waals surface area contributed by atoms with Crippen molar-refractivity contribution in [1.29, 1.82) is 0 Å². The second kappa shape index (κ2) is 6.43. The lowest BCUT2D eigenvalue weighted by atomic mass is 10.2. The summed E-state index contributed by atoms with van der Waals surface area (Å²) in [5.74, 6) is 1.22. The second-order valence-corrected chi connectivity index (χ2v) is 5.26. The summed E-state index contributed by atoms with van der Waals surface area (Å²) >= 11 is 1.51. The molecule has 1 N–H and O–H groups in total. The standard InChI is InChI=1S/C14H16N2O2S/c1-10(19-2)14(17)16-9-13-15-8-12(18-13)11-6-4-3-5-7-11/h3-8,10H,9H2,1-2H3,(H,16,17)/t10-/m0/s1. The minimum Gasteiger partial charge on any atom is -0.439 e. The van der Waals surface area contributed by atoms with Crippen LogP contribution in [0.5, 0.6) is 0 Å². The molecule has 100 valence electrons. The largest absolute Gasteiger partial charge is 0.439 e. The Morgan fingerprint density at radius 3 is 2.84 bits per heavy atom. The number of amides is 1. The number of nitrogens with zero attached hydrogens (tertiary/aromatic N) is 1. The summed E-state index contributed by atoms with van der Waals surface area (Å²) in [4.78, 5) is 15.8. The summed E-state index contributed by atoms with van der Waals surface area (Å²) in [6, 6.07) is 9.75. The fourth-order valence-electron chi connectivity index (χ4n) is 1.54. The second-order valence-electron chi connectivity index (χ2n) is 4.08. The first kappa shape index (κ1) is 13.7. The van der Waals surface area contributed by atoms with E-state index in [2.05, 4.69) is 10.3 Å². The lowest BCUT2D eigenvalue weighted by Crippen LogP contribution is -2.30. The van der Waals surface area contributed by atoms with Gasteiger partial charge in [0.1, 0.15) is 0 Å². The molecule has 0 aliphatic heterocycles. The van der Waals surface area contributed by atoms with Crippen molar-refractivity contribution in [2.24, 2.45) is 0 Å². The molecule has 0 spiro atoms. The first-order valence-electron chi connectivity index (χ1n) is 6.01. The Labute approximate surface area is 116 Å². The van der Waals surface area contributed by atoms with E-state index in [-0.39, 0.29) is 11.2 Å². The maximum Gasteiger partial charge on any atom is 0.233 e. The zero-order valence-electron chi connectivity index (χ0n) is 10.9. The fourth-order valence-corrected chi connectivity index (χ4v) is 1.84. The van der Waals surface area contributed by atoms with Crippen molar-refractivity contribution in [2.45, 2.75) is 18.7 Å². The van der Waals surface area contributed by atoms with Crippen LogP contribution >= 0.6 is 11.8 Å². The third-order valence-corrected chi connectivity index (χ3v) is 3.67. The van der Waals surface area contributed by atoms with Gasteiger partial charge in [0.15, 0.2) is 5.76 Å². The number of carbonyl (C=O) groups is 1. The third kappa shape index (κ3) is 3.61. The highest BCUT2D eigenvalue weighted by atomic mass is 32.2. The average molecular weight is 276 g/mol. The van der Waals surface area contributed by atoms with Crippen molar-refractivity contribution in [3.05, 3.63) is 42.4 Å². The lowest BCUT2D eigenvalue weighted by molar-refractivity contribution is -0.120. The van der Waals surface area contributed by atoms with Gasteiger partial charge in [0.05, 0.1) is 18.0 Å². The van der Waals surface area contributed by atoms with E-state index >= 15 is 0 Å². The molecule has 0 aliphatic rings. The minimum atomic E-state index is -0.0662. The third-order valence-electron chi connectivity index (χ3n) is 2.75. The Morgan fingerprint density at radius 2 is 2.16 bits per heavy atom. The van der Waals surface area contributed by atoms with E-state index in [9.17, 15) is 4.79 Å². The summed E-state index contributed by atoms with van der Waals surface area (Å²) in [5, 5.41) is 2.73. The number of hydrogen-bond donors (Lipinski definition) is 1. The van der Waals surface area contributed by atoms with E-state index < -0.39 is 0 Å². The van der Waals surface area contributed by atoms with E-state index in [1.807, 2.05) is 43.5 Å². The molecule has 0 unspecified atom stereocenters. The van der Waals surface area contributed by atoms with Gasteiger partial charge in [-0.3, -0.25) is 4.79 Å². The molecule has 0 radical (unpaired) electrons. The van der Waals surface area contributed by atoms with Crippen molar-refractivity contribution in [2.75, 3.05) is 6.26 Å². The van der Waals surface area contributed by atoms with Gasteiger partial charge < -0.3 is 9.73 Å². The molecule has 0 fully saturated rings. The monoisotopic (exact) mass is 276 g/mol. The molecule has 1 atom stereocenters. The summed E-state index contributed by atoms with van der Waals surface area (Å²) in [7, 11) is 0. The highest BCUT2D eigenvalue weighted by molar-refractivity contribution is 7.99. The predicted octanol–water partition coefficient (Wildman–Crippen LogP) is 2.71. The Bertz CT molecular complexity index is 539. The van der Waals surface area contributed by atoms with Crippen LogP contribution in [0.25, 0.3) is 11.3 Å². The fraction of sp³-hybridized carbons (Fsp3) is 0.286. The maximum absolute atomic E-state index is 11.6. The molecule has 1 aromatic carbocycles. The molecule has 5 heteroatoms. The number of hydrogen-bond acceptors (Lipinski definition) is 4. The van der Waals surface area contributed by atoms with Gasteiger partial charge in [-0.15, -0.1) is 0 Å². The highest BCUT2D eigenvalue weighted by Gasteiger charge is 2.12. The molecular formula is C14H16N2O2S. The topological polar surface area (TPSA) is 55.1 Å². The number of carbonyl (C=O) groups excluding carboxylic acids is 1. The zero-order chi connectivity index (χ0) is 13.7. The van der Waals surface area contributed by atoms with Crippen molar-refractivity contribution >= 4 is 17.7 Å². The zero-order valence-corrected chi connectivity index (χ0v) is 11.7. The van der Waals surface area contributed by atoms with Gasteiger partial charge >= 0.3 is 0 Å². The van der Waals surface area contributed by atoms with Crippen LogP contribution in [0.2, 0.25) is 0 Å². The van der Waals surface area contributed by atoms with Gasteiger partial charge in [-0.1, -0.05) is 30.3 Å². The van der Waals surface area contributed by atoms with E-state index in [0.29, 0.717) is 18.2 Å². The van der Waals surface area contributed by atoms with Crippen molar-refractivity contribution in [3.63, 3.8) is 0 Å². The van der Waals surface area contributed by atoms with Crippen LogP contribution in [0.3, 0.4) is 0 Å². The van der Waals surface area contributed by atoms with Gasteiger partial charge in [0, 0.05) is 5.56 Å². The summed E-state index contributed by atoms with van der Waals surface area (Å²) < 4.78 is 5.60. The average Bonchev–Trinajstić information content (AvgIpc) is 2.93. The predicted molar refractivity (Wildman–Crippen MR) is 76.8 cm³/mol. The molecule has 1 amide bonds. The number of rotatable bonds is 5. The van der Waals surface area contributed by atoms with Crippen LogP contribution in [0.4, 0.5) is 0 Å². The van der Waals surface area contributed by atoms with Crippen LogP contribution in [0, 0.1) is 0 Å². The summed E-state index contributed by atoms with van der Waals surface area (Å²) in [5.41, 5.74) is 0.977. The van der Waals surface area contributed by atoms with E-state index in [0.717, 1.165) is 5.56 Å². The van der Waals surface area contributed by atoms with Crippen molar-refractivity contribution < 1.29 is 9.21 Å². The first-order valence-corrected chi connectivity index (χ1v) is 7.30. The van der Waals surface area contributed by atoms with Crippen LogP contribution in [0.1, 0.15) is 12.8 Å². The van der Waals surface area contributed by atoms with Crippen LogP contribution in [-0.4, -0.2) is 22.4 Å². The minimum absolute atomic E-state index is 0.00744. The number of thioether (sulfide) groups is 1. The van der Waals surface area contributed by atoms with E-state index in [1.54, 1.807) is 6.20 Å². The Morgan fingerprint density at radius 1 is 1.42 bits per heavy atom. The normalized spacial score (nSPS) is 12.1. The van der Waals surface area contributed by atoms with E-state index in [1.165, 1.54) is 11.8 Å². The number of oxazole rings is 1. The molecule has 2 rings (SSSR count). The molecule has 4 nitrogen and oxygen atoms in total. The van der Waals surface area contributed by atoms with Gasteiger partial charge in [-0.2, -0.15) is 11.8 Å². The van der Waals surface area contributed by atoms with Crippen molar-refractivity contribution in [3.8, 4) is 11.3 Å². The van der Waals surface area contributed by atoms with Gasteiger partial charge in [-0.05, 0) is 13.2 Å². The molecule has 1 aromatic heterocycles. The van der Waals surface area contributed by atoms with Crippen LogP contribution in [-0.2, 0) is 11.3 Å². The Balaban J connectivity index is 1.97.